The van der Waals surface area contributed by atoms with Crippen LogP contribution in [0, 0.1) is 10.1 Å². The van der Waals surface area contributed by atoms with E-state index in [9.17, 15) is 28.1 Å². The summed E-state index contributed by atoms with van der Waals surface area (Å²) in [5.41, 5.74) is -0.689. The van der Waals surface area contributed by atoms with Gasteiger partial charge in [-0.25, -0.2) is 0 Å². The van der Waals surface area contributed by atoms with Crippen LogP contribution >= 0.6 is 0 Å². The number of carbonyl (C=O) groups excluding carboxylic acids is 1. The van der Waals surface area contributed by atoms with Gasteiger partial charge in [-0.05, 0) is 4.92 Å². The van der Waals surface area contributed by atoms with Crippen LogP contribution in [0.25, 0.3) is 0 Å². The van der Waals surface area contributed by atoms with Crippen LogP contribution in [-0.4, -0.2) is 29.7 Å². The zero-order chi connectivity index (χ0) is 13.9. The van der Waals surface area contributed by atoms with Gasteiger partial charge in [0.25, 0.3) is 0 Å². The van der Waals surface area contributed by atoms with Crippen molar-refractivity contribution in [2.24, 2.45) is 0 Å². The third-order valence-electron chi connectivity index (χ3n) is 1.68. The van der Waals surface area contributed by atoms with Crippen molar-refractivity contribution in [1.29, 1.82) is 0 Å². The molecule has 1 aromatic heterocycles. The van der Waals surface area contributed by atoms with Crippen molar-refractivity contribution in [3.05, 3.63) is 21.7 Å². The molecule has 0 aliphatic carbocycles. The number of aldehydes is 1. The van der Waals surface area contributed by atoms with E-state index in [1.165, 1.54) is 0 Å². The van der Waals surface area contributed by atoms with Crippen LogP contribution in [0.2, 0.25) is 0 Å². The lowest BCUT2D eigenvalue weighted by molar-refractivity contribution is -0.389. The lowest BCUT2D eigenvalue weighted by Gasteiger charge is -2.10. The molecule has 0 fully saturated rings. The number of hydrogen-bond donors (Lipinski definition) is 0. The summed E-state index contributed by atoms with van der Waals surface area (Å²) in [6.07, 6.45) is -5.11. The molecule has 0 amide bonds. The number of nitrogens with zero attached hydrogens (tertiary/aromatic N) is 2. The smallest absolute Gasteiger partial charge is 0.460 e. The summed E-state index contributed by atoms with van der Waals surface area (Å²) >= 11 is 0. The number of hydrogen-bond acceptors (Lipinski definition) is 6. The van der Waals surface area contributed by atoms with Gasteiger partial charge in [0, 0.05) is 4.98 Å². The predicted molar refractivity (Wildman–Crippen MR) is 49.5 cm³/mol. The minimum Gasteiger partial charge on any atom is -0.460 e. The van der Waals surface area contributed by atoms with Gasteiger partial charge < -0.3 is 19.6 Å². The van der Waals surface area contributed by atoms with Crippen LogP contribution in [0.15, 0.2) is 6.07 Å². The number of ether oxygens (including phenoxy) is 2. The third-order valence-corrected chi connectivity index (χ3v) is 1.68. The zero-order valence-corrected chi connectivity index (χ0v) is 8.72. The Kier molecular flexibility index (Phi) is 3.69. The second-order valence-corrected chi connectivity index (χ2v) is 2.83. The molecule has 0 saturated heterocycles. The van der Waals surface area contributed by atoms with Crippen molar-refractivity contribution in [2.75, 3.05) is 7.11 Å². The average molecular weight is 266 g/mol. The molecule has 0 saturated carbocycles. The molecule has 0 aliphatic rings. The predicted octanol–water partition coefficient (Wildman–Crippen LogP) is 1.71. The van der Waals surface area contributed by atoms with Crippen LogP contribution in [0.4, 0.5) is 19.0 Å². The van der Waals surface area contributed by atoms with Crippen molar-refractivity contribution in [2.45, 2.75) is 6.36 Å². The summed E-state index contributed by atoms with van der Waals surface area (Å²) < 4.78 is 44.2. The molecular formula is C8H5F3N2O5. The molecule has 0 atom stereocenters. The molecule has 0 N–H and O–H groups in total. The first kappa shape index (κ1) is 13.7. The minimum atomic E-state index is -5.08. The molecule has 0 bridgehead atoms. The number of alkyl halides is 3. The number of methoxy groups -OCH3 is 1. The topological polar surface area (TPSA) is 91.6 Å². The van der Waals surface area contributed by atoms with Gasteiger partial charge in [-0.1, -0.05) is 0 Å². The van der Waals surface area contributed by atoms with Gasteiger partial charge in [0.15, 0.2) is 6.29 Å². The van der Waals surface area contributed by atoms with Crippen LogP contribution in [0.1, 0.15) is 10.4 Å². The van der Waals surface area contributed by atoms with Crippen LogP contribution < -0.4 is 9.47 Å². The Balaban J connectivity index is 3.39. The molecule has 7 nitrogen and oxygen atoms in total. The molecule has 1 aromatic rings. The maximum absolute atomic E-state index is 12.1. The van der Waals surface area contributed by atoms with Gasteiger partial charge in [0.05, 0.1) is 18.7 Å². The Labute approximate surface area is 97.3 Å². The lowest BCUT2D eigenvalue weighted by Crippen LogP contribution is -2.19. The summed E-state index contributed by atoms with van der Waals surface area (Å²) in [5, 5.41) is 10.4. The summed E-state index contributed by atoms with van der Waals surface area (Å²) in [6.45, 7) is 0. The minimum absolute atomic E-state index is 0.0295. The third kappa shape index (κ3) is 3.06. The van der Waals surface area contributed by atoms with Gasteiger partial charge in [0.2, 0.25) is 5.75 Å². The highest BCUT2D eigenvalue weighted by molar-refractivity contribution is 5.81. The van der Waals surface area contributed by atoms with Gasteiger partial charge in [0.1, 0.15) is 0 Å². The van der Waals surface area contributed by atoms with E-state index < -0.39 is 34.3 Å². The second-order valence-electron chi connectivity index (χ2n) is 2.83. The molecule has 10 heteroatoms. The first-order chi connectivity index (χ1) is 8.28. The fourth-order valence-electron chi connectivity index (χ4n) is 1.05. The van der Waals surface area contributed by atoms with Crippen molar-refractivity contribution in [3.63, 3.8) is 0 Å². The Morgan fingerprint density at radius 2 is 2.11 bits per heavy atom. The summed E-state index contributed by atoms with van der Waals surface area (Å²) in [5.74, 6) is -2.65. The van der Waals surface area contributed by atoms with E-state index in [0.717, 1.165) is 7.11 Å². The lowest BCUT2D eigenvalue weighted by atomic mass is 10.2. The van der Waals surface area contributed by atoms with E-state index in [2.05, 4.69) is 14.5 Å². The van der Waals surface area contributed by atoms with Crippen molar-refractivity contribution < 1.29 is 32.4 Å². The monoisotopic (exact) mass is 266 g/mol. The Morgan fingerprint density at radius 3 is 2.50 bits per heavy atom. The molecule has 1 heterocycles. The maximum atomic E-state index is 12.1. The number of nitro groups is 1. The molecule has 1 rings (SSSR count). The largest absolute Gasteiger partial charge is 0.573 e. The van der Waals surface area contributed by atoms with Gasteiger partial charge in [-0.15, -0.1) is 13.2 Å². The first-order valence-corrected chi connectivity index (χ1v) is 4.23. The fraction of sp³-hybridized carbons (Fsp3) is 0.250. The van der Waals surface area contributed by atoms with Gasteiger partial charge in [-0.2, -0.15) is 0 Å². The Hall–Kier alpha value is -2.39. The summed E-state index contributed by atoms with van der Waals surface area (Å²) in [4.78, 5) is 23.2. The van der Waals surface area contributed by atoms with Crippen molar-refractivity contribution in [1.82, 2.24) is 4.98 Å². The van der Waals surface area contributed by atoms with Crippen molar-refractivity contribution in [3.8, 4) is 11.6 Å². The van der Waals surface area contributed by atoms with Crippen molar-refractivity contribution >= 4 is 12.1 Å². The second kappa shape index (κ2) is 4.85. The number of rotatable bonds is 4. The van der Waals surface area contributed by atoms with E-state index >= 15 is 0 Å². The molecule has 0 radical (unpaired) electrons. The van der Waals surface area contributed by atoms with E-state index in [-0.39, 0.29) is 6.29 Å². The number of aromatic nitrogens is 1. The van der Waals surface area contributed by atoms with Crippen LogP contribution in [0.5, 0.6) is 11.6 Å². The van der Waals surface area contributed by atoms with Gasteiger partial charge in [-0.3, -0.25) is 4.79 Å². The zero-order valence-electron chi connectivity index (χ0n) is 8.72. The maximum Gasteiger partial charge on any atom is 0.573 e. The SMILES string of the molecule is COc1nc([N+](=O)[O-])cc(C=O)c1OC(F)(F)F. The highest BCUT2D eigenvalue weighted by atomic mass is 19.4. The van der Waals surface area contributed by atoms with Gasteiger partial charge >= 0.3 is 18.1 Å². The molecule has 0 unspecified atom stereocenters. The average Bonchev–Trinajstić information content (AvgIpc) is 2.26. The normalized spacial score (nSPS) is 10.9. The van der Waals surface area contributed by atoms with E-state index in [0.29, 0.717) is 6.07 Å². The molecule has 18 heavy (non-hydrogen) atoms. The molecule has 0 aliphatic heterocycles. The number of halogens is 3. The highest BCUT2D eigenvalue weighted by Gasteiger charge is 2.36. The summed E-state index contributed by atoms with van der Waals surface area (Å²) in [7, 11) is 0.934. The molecule has 0 spiro atoms. The first-order valence-electron chi connectivity index (χ1n) is 4.23. The van der Waals surface area contributed by atoms with Crippen LogP contribution in [0.3, 0.4) is 0 Å². The Morgan fingerprint density at radius 1 is 1.50 bits per heavy atom. The standard InChI is InChI=1S/C8H5F3N2O5/c1-17-7-6(18-8(9,10)11)4(3-14)2-5(12-7)13(15)16/h2-3H,1H3. The Bertz CT molecular complexity index is 488. The summed E-state index contributed by atoms with van der Waals surface area (Å²) in [6, 6.07) is 0.552. The van der Waals surface area contributed by atoms with E-state index in [4.69, 9.17) is 0 Å². The van der Waals surface area contributed by atoms with E-state index in [1.54, 1.807) is 0 Å². The van der Waals surface area contributed by atoms with Crippen LogP contribution in [-0.2, 0) is 0 Å². The molecule has 0 aromatic carbocycles. The fourth-order valence-corrected chi connectivity index (χ4v) is 1.05. The molecular weight excluding hydrogens is 261 g/mol. The molecule has 98 valence electrons. The number of carbonyl (C=O) groups is 1. The number of pyridine rings is 1. The highest BCUT2D eigenvalue weighted by Crippen LogP contribution is 2.35. The van der Waals surface area contributed by atoms with E-state index in [1.807, 2.05) is 0 Å². The quantitative estimate of drug-likeness (QED) is 0.468.